The summed E-state index contributed by atoms with van der Waals surface area (Å²) in [5.74, 6) is 0. The predicted octanol–water partition coefficient (Wildman–Crippen LogP) is 14.7. The lowest BCUT2D eigenvalue weighted by Gasteiger charge is -2.19. The minimum absolute atomic E-state index is 0.338. The molecule has 1 aliphatic rings. The van der Waals surface area contributed by atoms with Gasteiger partial charge in [0.1, 0.15) is 5.71 Å². The van der Waals surface area contributed by atoms with E-state index in [1.807, 2.05) is 36.5 Å². The fourth-order valence-electron chi connectivity index (χ4n) is 8.47. The molecule has 10 aromatic rings. The largest absolute Gasteiger partial charge is 0.299 e. The molecule has 1 aliphatic carbocycles. The first-order valence-electron chi connectivity index (χ1n) is 20.5. The van der Waals surface area contributed by atoms with E-state index in [-0.39, 0.29) is 0 Å². The summed E-state index contributed by atoms with van der Waals surface area (Å²) in [6.45, 7) is 0. The number of hydrogen-bond acceptors (Lipinski definition) is 4. The standard InChI is InChI=1S/C57H38N4/c58-56-35-53(50-20-19-46-30-44(15-16-47(46)32-50)42-13-11-37-6-1-3-8-40(37)28-42)34-55(57(56)61-60-54-25-23-39(24-26-54)52-10-5-27-59-36-52)51-22-21-48-31-45(17-18-49(48)33-51)43-14-12-38-7-2-4-9-41(38)29-43/h1-36,58,60H/b58-56?,61-57-. The summed E-state index contributed by atoms with van der Waals surface area (Å²) >= 11 is 0. The van der Waals surface area contributed by atoms with E-state index >= 15 is 0 Å². The Morgan fingerprint density at radius 3 is 1.36 bits per heavy atom. The number of fused-ring (bicyclic) bond motifs is 4. The van der Waals surface area contributed by atoms with Gasteiger partial charge in [0.2, 0.25) is 0 Å². The van der Waals surface area contributed by atoms with Gasteiger partial charge in [0.15, 0.2) is 0 Å². The van der Waals surface area contributed by atoms with Crippen LogP contribution >= 0.6 is 0 Å². The molecule has 9 aromatic carbocycles. The van der Waals surface area contributed by atoms with Crippen molar-refractivity contribution in [3.05, 3.63) is 230 Å². The van der Waals surface area contributed by atoms with Crippen LogP contribution in [0.3, 0.4) is 0 Å². The van der Waals surface area contributed by atoms with Crippen LogP contribution < -0.4 is 5.43 Å². The molecular weight excluding hydrogens is 741 g/mol. The van der Waals surface area contributed by atoms with Crippen LogP contribution in [0.4, 0.5) is 5.69 Å². The second-order valence-electron chi connectivity index (χ2n) is 15.6. The molecule has 0 atom stereocenters. The minimum atomic E-state index is 0.338. The predicted molar refractivity (Wildman–Crippen MR) is 258 cm³/mol. The smallest absolute Gasteiger partial charge is 0.116 e. The van der Waals surface area contributed by atoms with E-state index in [0.29, 0.717) is 11.4 Å². The molecule has 4 heteroatoms. The van der Waals surface area contributed by atoms with Gasteiger partial charge in [0.05, 0.1) is 11.4 Å². The van der Waals surface area contributed by atoms with Crippen molar-refractivity contribution in [2.45, 2.75) is 0 Å². The van der Waals surface area contributed by atoms with Crippen LogP contribution in [-0.4, -0.2) is 16.4 Å². The summed E-state index contributed by atoms with van der Waals surface area (Å²) in [6.07, 6.45) is 7.75. The van der Waals surface area contributed by atoms with Crippen molar-refractivity contribution in [2.75, 3.05) is 5.43 Å². The Balaban J connectivity index is 0.947. The molecule has 0 amide bonds. The Morgan fingerprint density at radius 1 is 0.377 bits per heavy atom. The summed E-state index contributed by atoms with van der Waals surface area (Å²) in [5, 5.41) is 23.8. The molecule has 0 saturated carbocycles. The summed E-state index contributed by atoms with van der Waals surface area (Å²) in [7, 11) is 0. The number of hydrogen-bond donors (Lipinski definition) is 2. The molecule has 0 spiro atoms. The quantitative estimate of drug-likeness (QED) is 0.125. The maximum absolute atomic E-state index is 9.41. The van der Waals surface area contributed by atoms with Gasteiger partial charge in [-0.25, -0.2) is 0 Å². The molecule has 0 saturated heterocycles. The molecular formula is C57H38N4. The lowest BCUT2D eigenvalue weighted by atomic mass is 9.86. The first-order valence-corrected chi connectivity index (χ1v) is 20.5. The Kier molecular flexibility index (Phi) is 8.94. The van der Waals surface area contributed by atoms with Crippen LogP contribution in [0, 0.1) is 5.41 Å². The normalized spacial score (nSPS) is 13.5. The van der Waals surface area contributed by atoms with Crippen molar-refractivity contribution >= 4 is 71.3 Å². The first kappa shape index (κ1) is 35.9. The van der Waals surface area contributed by atoms with Crippen molar-refractivity contribution in [1.82, 2.24) is 4.98 Å². The van der Waals surface area contributed by atoms with E-state index in [2.05, 4.69) is 186 Å². The second-order valence-corrected chi connectivity index (χ2v) is 15.6. The molecule has 286 valence electrons. The molecule has 0 fully saturated rings. The van der Waals surface area contributed by atoms with Crippen molar-refractivity contribution in [3.63, 3.8) is 0 Å². The fraction of sp³-hybridized carbons (Fsp3) is 0. The van der Waals surface area contributed by atoms with Crippen molar-refractivity contribution < 1.29 is 0 Å². The number of aromatic nitrogens is 1. The monoisotopic (exact) mass is 778 g/mol. The van der Waals surface area contributed by atoms with E-state index in [9.17, 15) is 5.41 Å². The number of rotatable bonds is 7. The highest BCUT2D eigenvalue weighted by molar-refractivity contribution is 6.62. The summed E-state index contributed by atoms with van der Waals surface area (Å²) in [5.41, 5.74) is 15.8. The molecule has 0 aliphatic heterocycles. The average Bonchev–Trinajstić information content (AvgIpc) is 3.33. The van der Waals surface area contributed by atoms with E-state index in [1.165, 1.54) is 49.2 Å². The van der Waals surface area contributed by atoms with E-state index in [4.69, 9.17) is 5.10 Å². The Morgan fingerprint density at radius 2 is 0.820 bits per heavy atom. The number of anilines is 1. The Bertz CT molecular complexity index is 3450. The zero-order chi connectivity index (χ0) is 40.7. The van der Waals surface area contributed by atoms with Gasteiger partial charge >= 0.3 is 0 Å². The van der Waals surface area contributed by atoms with Gasteiger partial charge in [-0.2, -0.15) is 5.10 Å². The summed E-state index contributed by atoms with van der Waals surface area (Å²) in [6, 6.07) is 68.8. The molecule has 1 aromatic heterocycles. The Labute approximate surface area is 354 Å². The first-order chi connectivity index (χ1) is 30.1. The molecule has 11 rings (SSSR count). The number of hydrazone groups is 1. The number of allylic oxidation sites excluding steroid dienone is 4. The van der Waals surface area contributed by atoms with E-state index < -0.39 is 0 Å². The number of pyridine rings is 1. The van der Waals surface area contributed by atoms with Crippen molar-refractivity contribution in [1.29, 1.82) is 5.41 Å². The summed E-state index contributed by atoms with van der Waals surface area (Å²) < 4.78 is 0. The maximum atomic E-state index is 9.41. The number of nitrogens with one attached hydrogen (secondary N) is 2. The Hall–Kier alpha value is -8.21. The van der Waals surface area contributed by atoms with Crippen molar-refractivity contribution in [3.8, 4) is 33.4 Å². The maximum Gasteiger partial charge on any atom is 0.116 e. The van der Waals surface area contributed by atoms with Crippen LogP contribution in [0.1, 0.15) is 11.1 Å². The summed E-state index contributed by atoms with van der Waals surface area (Å²) in [4.78, 5) is 4.27. The topological polar surface area (TPSA) is 61.1 Å². The molecule has 0 unspecified atom stereocenters. The average molecular weight is 779 g/mol. The lowest BCUT2D eigenvalue weighted by Crippen LogP contribution is -2.19. The van der Waals surface area contributed by atoms with Crippen LogP contribution in [-0.2, 0) is 0 Å². The molecule has 4 nitrogen and oxygen atoms in total. The highest BCUT2D eigenvalue weighted by Gasteiger charge is 2.21. The zero-order valence-corrected chi connectivity index (χ0v) is 33.2. The van der Waals surface area contributed by atoms with Gasteiger partial charge in [-0.15, -0.1) is 0 Å². The molecule has 0 bridgehead atoms. The molecule has 1 heterocycles. The van der Waals surface area contributed by atoms with Gasteiger partial charge in [0, 0.05) is 18.0 Å². The van der Waals surface area contributed by atoms with Gasteiger partial charge in [-0.1, -0.05) is 140 Å². The molecule has 0 radical (unpaired) electrons. The SMILES string of the molecule is N=C1C=C(c2ccc3cc(-c4ccc5ccccc5c4)ccc3c2)C=C(c2ccc3cc(-c4ccc5ccccc5c4)ccc3c2)/C1=N/Nc1ccc(-c2cccnc2)cc1. The zero-order valence-electron chi connectivity index (χ0n) is 33.2. The van der Waals surface area contributed by atoms with Crippen LogP contribution in [0.15, 0.2) is 224 Å². The minimum Gasteiger partial charge on any atom is -0.299 e. The fourth-order valence-corrected chi connectivity index (χ4v) is 8.47. The van der Waals surface area contributed by atoms with Crippen molar-refractivity contribution in [2.24, 2.45) is 5.10 Å². The van der Waals surface area contributed by atoms with E-state index in [1.54, 1.807) is 6.20 Å². The lowest BCUT2D eigenvalue weighted by molar-refractivity contribution is 1.32. The van der Waals surface area contributed by atoms with Crippen LogP contribution in [0.25, 0.3) is 87.6 Å². The highest BCUT2D eigenvalue weighted by Crippen LogP contribution is 2.35. The number of benzene rings is 9. The molecule has 2 N–H and O–H groups in total. The van der Waals surface area contributed by atoms with Crippen LogP contribution in [0.2, 0.25) is 0 Å². The third kappa shape index (κ3) is 7.07. The van der Waals surface area contributed by atoms with Gasteiger partial charge < -0.3 is 0 Å². The third-order valence-electron chi connectivity index (χ3n) is 11.8. The number of nitrogens with zero attached hydrogens (tertiary/aromatic N) is 2. The van der Waals surface area contributed by atoms with Gasteiger partial charge in [-0.05, 0) is 160 Å². The van der Waals surface area contributed by atoms with E-state index in [0.717, 1.165) is 55.2 Å². The second kappa shape index (κ2) is 15.2. The molecule has 61 heavy (non-hydrogen) atoms. The van der Waals surface area contributed by atoms with Crippen LogP contribution in [0.5, 0.6) is 0 Å². The van der Waals surface area contributed by atoms with Gasteiger partial charge in [-0.3, -0.25) is 15.8 Å². The third-order valence-corrected chi connectivity index (χ3v) is 11.8. The highest BCUT2D eigenvalue weighted by atomic mass is 15.3. The van der Waals surface area contributed by atoms with Gasteiger partial charge in [0.25, 0.3) is 0 Å².